The molecule has 3 unspecified atom stereocenters. The molecule has 3 N–H and O–H groups in total. The van der Waals surface area contributed by atoms with E-state index in [0.29, 0.717) is 25.7 Å². The third-order valence-electron chi connectivity index (χ3n) is 7.04. The number of ether oxygens (including phenoxy) is 2. The van der Waals surface area contributed by atoms with Gasteiger partial charge in [0.15, 0.2) is 12.7 Å². The molecule has 2 amide bonds. The number of hydrogen-bond acceptors (Lipinski definition) is 5. The molecule has 5 rings (SSSR count). The number of fused-ring (bicyclic) bond motifs is 3. The molecular formula is C22H25ClF4N2O5. The predicted octanol–water partition coefficient (Wildman–Crippen LogP) is 3.02. The van der Waals surface area contributed by atoms with Crippen molar-refractivity contribution in [2.24, 2.45) is 0 Å². The highest BCUT2D eigenvalue weighted by atomic mass is 35.5. The number of alkyl halides is 3. The van der Waals surface area contributed by atoms with Crippen molar-refractivity contribution in [2.45, 2.75) is 80.5 Å². The molecule has 4 fully saturated rings. The predicted molar refractivity (Wildman–Crippen MR) is 112 cm³/mol. The van der Waals surface area contributed by atoms with E-state index in [-0.39, 0.29) is 30.0 Å². The Balaban J connectivity index is 1.30. The summed E-state index contributed by atoms with van der Waals surface area (Å²) >= 11 is 5.62. The van der Waals surface area contributed by atoms with Crippen LogP contribution in [0.1, 0.15) is 44.9 Å². The summed E-state index contributed by atoms with van der Waals surface area (Å²) < 4.78 is 62.2. The lowest BCUT2D eigenvalue weighted by Crippen LogP contribution is -2.70. The van der Waals surface area contributed by atoms with Gasteiger partial charge in [0.05, 0.1) is 16.7 Å². The van der Waals surface area contributed by atoms with E-state index in [1.807, 2.05) is 0 Å². The Bertz CT molecular complexity index is 952. The van der Waals surface area contributed by atoms with Gasteiger partial charge >= 0.3 is 6.18 Å². The number of amides is 2. The number of carbonyl (C=O) groups is 2. The van der Waals surface area contributed by atoms with Crippen molar-refractivity contribution in [1.82, 2.24) is 10.6 Å². The smallest absolute Gasteiger partial charge is 0.414 e. The summed E-state index contributed by atoms with van der Waals surface area (Å²) in [6.07, 6.45) is -7.13. The second kappa shape index (κ2) is 9.16. The summed E-state index contributed by atoms with van der Waals surface area (Å²) in [5.74, 6) is -1.65. The summed E-state index contributed by atoms with van der Waals surface area (Å²) in [5.41, 5.74) is -1.66. The Kier molecular flexibility index (Phi) is 6.73. The molecule has 1 aromatic rings. The molecule has 3 saturated carbocycles. The largest absolute Gasteiger partial charge is 0.484 e. The van der Waals surface area contributed by atoms with Crippen LogP contribution in [0.3, 0.4) is 0 Å². The van der Waals surface area contributed by atoms with Crippen LogP contribution >= 0.6 is 11.6 Å². The van der Waals surface area contributed by atoms with E-state index in [4.69, 9.17) is 21.1 Å². The van der Waals surface area contributed by atoms with E-state index in [2.05, 4.69) is 10.6 Å². The van der Waals surface area contributed by atoms with Crippen LogP contribution < -0.4 is 15.4 Å². The van der Waals surface area contributed by atoms with Crippen molar-refractivity contribution in [1.29, 1.82) is 0 Å². The zero-order valence-electron chi connectivity index (χ0n) is 18.1. The van der Waals surface area contributed by atoms with Crippen molar-refractivity contribution in [2.75, 3.05) is 6.61 Å². The first-order valence-electron chi connectivity index (χ1n) is 11.0. The second-order valence-corrected chi connectivity index (χ2v) is 9.70. The van der Waals surface area contributed by atoms with E-state index >= 15 is 0 Å². The Morgan fingerprint density at radius 3 is 2.47 bits per heavy atom. The molecule has 0 spiro atoms. The number of halogens is 5. The van der Waals surface area contributed by atoms with Crippen molar-refractivity contribution in [3.63, 3.8) is 0 Å². The molecule has 1 heterocycles. The van der Waals surface area contributed by atoms with Crippen molar-refractivity contribution < 1.29 is 41.7 Å². The Labute approximate surface area is 198 Å². The number of aliphatic hydroxyl groups excluding tert-OH is 1. The minimum absolute atomic E-state index is 0.0217. The zero-order valence-corrected chi connectivity index (χ0v) is 18.8. The van der Waals surface area contributed by atoms with Gasteiger partial charge in [0.25, 0.3) is 5.91 Å². The summed E-state index contributed by atoms with van der Waals surface area (Å²) in [5, 5.41) is 16.4. The monoisotopic (exact) mass is 508 g/mol. The standard InChI is InChI=1S/C22H25ClF4N2O5/c23-13-2-1-12(9-14(13)24)33-11-18(31)28-21-7-5-20(6-8-21,10-16(21)30)29-19(32)15-3-4-17(34-15)22(25,26)27/h1-2,9,15-17,30H,3-8,10-11H2,(H,28,31)(H,29,32). The van der Waals surface area contributed by atoms with Gasteiger partial charge in [0, 0.05) is 11.6 Å². The normalized spacial score (nSPS) is 32.9. The van der Waals surface area contributed by atoms with Crippen molar-refractivity contribution in [3.05, 3.63) is 29.0 Å². The minimum atomic E-state index is -4.51. The first-order chi connectivity index (χ1) is 15.9. The Morgan fingerprint density at radius 1 is 1.18 bits per heavy atom. The number of carbonyl (C=O) groups excluding carboxylic acids is 2. The molecule has 4 aliphatic rings. The maximum Gasteiger partial charge on any atom is 0.414 e. The first kappa shape index (κ1) is 25.0. The second-order valence-electron chi connectivity index (χ2n) is 9.29. The lowest BCUT2D eigenvalue weighted by Gasteiger charge is -2.56. The molecule has 7 nitrogen and oxygen atoms in total. The van der Waals surface area contributed by atoms with E-state index in [9.17, 15) is 32.3 Å². The van der Waals surface area contributed by atoms with E-state index in [0.717, 1.165) is 6.07 Å². The number of nitrogens with one attached hydrogen (secondary N) is 2. The van der Waals surface area contributed by atoms with Crippen LogP contribution in [0, 0.1) is 5.82 Å². The highest BCUT2D eigenvalue weighted by molar-refractivity contribution is 6.30. The van der Waals surface area contributed by atoms with Crippen LogP contribution in [0.25, 0.3) is 0 Å². The molecule has 188 valence electrons. The topological polar surface area (TPSA) is 96.9 Å². The van der Waals surface area contributed by atoms with Crippen LogP contribution in [-0.4, -0.2) is 59.1 Å². The van der Waals surface area contributed by atoms with Gasteiger partial charge in [-0.3, -0.25) is 9.59 Å². The number of rotatable bonds is 6. The molecule has 3 aliphatic carbocycles. The average molecular weight is 509 g/mol. The van der Waals surface area contributed by atoms with Gasteiger partial charge in [-0.25, -0.2) is 4.39 Å². The quantitative estimate of drug-likeness (QED) is 0.513. The average Bonchev–Trinajstić information content (AvgIpc) is 3.27. The fraction of sp³-hybridized carbons (Fsp3) is 0.636. The van der Waals surface area contributed by atoms with Gasteiger partial charge in [-0.15, -0.1) is 0 Å². The van der Waals surface area contributed by atoms with Gasteiger partial charge in [-0.2, -0.15) is 13.2 Å². The summed E-state index contributed by atoms with van der Waals surface area (Å²) in [6, 6.07) is 3.80. The molecule has 3 atom stereocenters. The van der Waals surface area contributed by atoms with Crippen molar-refractivity contribution >= 4 is 23.4 Å². The molecule has 2 bridgehead atoms. The zero-order chi connectivity index (χ0) is 24.7. The molecule has 0 radical (unpaired) electrons. The SMILES string of the molecule is O=C(COc1ccc(Cl)c(F)c1)NC12CCC(NC(=O)C3CCC(C(F)(F)F)O3)(CC1)CC2O. The molecule has 1 aromatic carbocycles. The van der Waals surface area contributed by atoms with Gasteiger partial charge in [-0.1, -0.05) is 11.6 Å². The third-order valence-corrected chi connectivity index (χ3v) is 7.34. The minimum Gasteiger partial charge on any atom is -0.484 e. The van der Waals surface area contributed by atoms with E-state index in [1.54, 1.807) is 0 Å². The lowest BCUT2D eigenvalue weighted by molar-refractivity contribution is -0.214. The third kappa shape index (κ3) is 5.11. The number of aliphatic hydroxyl groups is 1. The molecule has 1 saturated heterocycles. The molecule has 1 aliphatic heterocycles. The van der Waals surface area contributed by atoms with Gasteiger partial charge in [-0.05, 0) is 57.1 Å². The lowest BCUT2D eigenvalue weighted by atomic mass is 9.60. The Morgan fingerprint density at radius 2 is 1.88 bits per heavy atom. The molecule has 12 heteroatoms. The van der Waals surface area contributed by atoms with Crippen LogP contribution in [-0.2, 0) is 14.3 Å². The van der Waals surface area contributed by atoms with Crippen LogP contribution in [0.15, 0.2) is 18.2 Å². The highest BCUT2D eigenvalue weighted by Gasteiger charge is 2.56. The highest BCUT2D eigenvalue weighted by Crippen LogP contribution is 2.47. The fourth-order valence-corrected chi connectivity index (χ4v) is 5.22. The summed E-state index contributed by atoms with van der Waals surface area (Å²) in [6.45, 7) is -0.392. The fourth-order valence-electron chi connectivity index (χ4n) is 5.10. The van der Waals surface area contributed by atoms with Gasteiger partial charge in [0.2, 0.25) is 5.91 Å². The van der Waals surface area contributed by atoms with E-state index < -0.39 is 59.8 Å². The first-order valence-corrected chi connectivity index (χ1v) is 11.4. The summed E-state index contributed by atoms with van der Waals surface area (Å²) in [4.78, 5) is 25.1. The van der Waals surface area contributed by atoms with Crippen LogP contribution in [0.4, 0.5) is 17.6 Å². The number of benzene rings is 1. The maximum atomic E-state index is 13.5. The van der Waals surface area contributed by atoms with Crippen molar-refractivity contribution in [3.8, 4) is 5.75 Å². The van der Waals surface area contributed by atoms with Crippen LogP contribution in [0.5, 0.6) is 5.75 Å². The summed E-state index contributed by atoms with van der Waals surface area (Å²) in [7, 11) is 0. The van der Waals surface area contributed by atoms with E-state index in [1.165, 1.54) is 12.1 Å². The number of hydrogen-bond donors (Lipinski definition) is 3. The molecular weight excluding hydrogens is 484 g/mol. The van der Waals surface area contributed by atoms with Crippen LogP contribution in [0.2, 0.25) is 5.02 Å². The van der Waals surface area contributed by atoms with Gasteiger partial charge in [0.1, 0.15) is 17.7 Å². The Hall–Kier alpha value is -2.11. The van der Waals surface area contributed by atoms with Gasteiger partial charge < -0.3 is 25.2 Å². The molecule has 0 aromatic heterocycles. The molecule has 34 heavy (non-hydrogen) atoms. The maximum absolute atomic E-state index is 13.5.